The van der Waals surface area contributed by atoms with Crippen LogP contribution in [0.4, 0.5) is 4.39 Å². The van der Waals surface area contributed by atoms with E-state index in [1.54, 1.807) is 18.2 Å². The van der Waals surface area contributed by atoms with Crippen molar-refractivity contribution in [2.45, 2.75) is 0 Å². The van der Waals surface area contributed by atoms with Gasteiger partial charge in [-0.05, 0) is 55.6 Å². The van der Waals surface area contributed by atoms with Crippen LogP contribution in [0.25, 0.3) is 6.08 Å². The molecule has 1 nitrogen and oxygen atoms in total. The Bertz CT molecular complexity index is 308. The zero-order chi connectivity index (χ0) is 9.68. The maximum absolute atomic E-state index is 11.8. The van der Waals surface area contributed by atoms with E-state index in [4.69, 9.17) is 4.74 Å². The van der Waals surface area contributed by atoms with Crippen LogP contribution in [0.5, 0.6) is 5.75 Å². The molecule has 1 rings (SSSR count). The summed E-state index contributed by atoms with van der Waals surface area (Å²) in [6.45, 7) is -0.803. The second-order valence-corrected chi connectivity index (χ2v) is 5.03. The molecule has 0 N–H and O–H groups in total. The van der Waals surface area contributed by atoms with E-state index in [-0.39, 0.29) is 0 Å². The summed E-state index contributed by atoms with van der Waals surface area (Å²) in [5.41, 5.74) is 0.940. The van der Waals surface area contributed by atoms with Gasteiger partial charge in [0, 0.05) is 0 Å². The summed E-state index contributed by atoms with van der Waals surface area (Å²) >= 11 is 6.48. The summed E-state index contributed by atoms with van der Waals surface area (Å²) in [6.07, 6.45) is 1.85. The molecule has 0 spiro atoms. The lowest BCUT2D eigenvalue weighted by molar-refractivity contribution is 0.192. The summed E-state index contributed by atoms with van der Waals surface area (Å²) in [4.78, 5) is 0. The van der Waals surface area contributed by atoms with Gasteiger partial charge >= 0.3 is 0 Å². The molecular weight excluding hydrogens is 303 g/mol. The van der Waals surface area contributed by atoms with Gasteiger partial charge in [0.25, 0.3) is 0 Å². The van der Waals surface area contributed by atoms with E-state index in [0.29, 0.717) is 5.75 Å². The van der Waals surface area contributed by atoms with Crippen LogP contribution in [-0.4, -0.2) is 6.86 Å². The van der Waals surface area contributed by atoms with Gasteiger partial charge in [0.05, 0.1) is 3.39 Å². The molecule has 0 amide bonds. The minimum atomic E-state index is -0.803. The van der Waals surface area contributed by atoms with Gasteiger partial charge in [0.15, 0.2) is 0 Å². The van der Waals surface area contributed by atoms with Gasteiger partial charge in [-0.25, -0.2) is 4.39 Å². The molecule has 0 aliphatic carbocycles. The van der Waals surface area contributed by atoms with Crippen LogP contribution in [-0.2, 0) is 0 Å². The van der Waals surface area contributed by atoms with Crippen LogP contribution < -0.4 is 4.74 Å². The first-order chi connectivity index (χ1) is 6.22. The standard InChI is InChI=1S/C9H7Br2FO/c10-9(11)5-7-2-1-3-8(4-7)13-6-12/h1-5H,6H2. The third-order valence-corrected chi connectivity index (χ3v) is 1.81. The zero-order valence-corrected chi connectivity index (χ0v) is 9.81. The predicted octanol–water partition coefficient (Wildman–Crippen LogP) is 4.08. The summed E-state index contributed by atoms with van der Waals surface area (Å²) in [6, 6.07) is 7.16. The highest BCUT2D eigenvalue weighted by molar-refractivity contribution is 9.28. The molecule has 0 aliphatic rings. The molecule has 0 saturated heterocycles. The maximum atomic E-state index is 11.8. The highest BCUT2D eigenvalue weighted by atomic mass is 79.9. The Morgan fingerprint density at radius 2 is 2.23 bits per heavy atom. The second kappa shape index (κ2) is 5.40. The van der Waals surface area contributed by atoms with Gasteiger partial charge < -0.3 is 4.74 Å². The Labute approximate surface area is 92.9 Å². The highest BCUT2D eigenvalue weighted by Gasteiger charge is 1.94. The Balaban J connectivity index is 2.85. The summed E-state index contributed by atoms with van der Waals surface area (Å²) in [5, 5.41) is 0. The number of hydrogen-bond acceptors (Lipinski definition) is 1. The fourth-order valence-corrected chi connectivity index (χ4v) is 1.41. The quantitative estimate of drug-likeness (QED) is 0.817. The molecular formula is C9H7Br2FO. The lowest BCUT2D eigenvalue weighted by Gasteiger charge is -2.01. The molecule has 1 aromatic carbocycles. The number of hydrogen-bond donors (Lipinski definition) is 0. The van der Waals surface area contributed by atoms with Gasteiger partial charge in [-0.3, -0.25) is 0 Å². The van der Waals surface area contributed by atoms with Crippen molar-refractivity contribution in [3.63, 3.8) is 0 Å². The largest absolute Gasteiger partial charge is 0.463 e. The molecule has 0 aliphatic heterocycles. The van der Waals surface area contributed by atoms with Crippen molar-refractivity contribution < 1.29 is 9.13 Å². The normalized spacial score (nSPS) is 9.46. The molecule has 0 heterocycles. The van der Waals surface area contributed by atoms with E-state index >= 15 is 0 Å². The van der Waals surface area contributed by atoms with Crippen LogP contribution in [0.15, 0.2) is 27.7 Å². The lowest BCUT2D eigenvalue weighted by atomic mass is 10.2. The zero-order valence-electron chi connectivity index (χ0n) is 6.64. The lowest BCUT2D eigenvalue weighted by Crippen LogP contribution is -1.89. The molecule has 70 valence electrons. The average Bonchev–Trinajstić information content (AvgIpc) is 2.04. The van der Waals surface area contributed by atoms with Crippen molar-refractivity contribution in [2.75, 3.05) is 6.86 Å². The summed E-state index contributed by atoms with van der Waals surface area (Å²) in [7, 11) is 0. The third kappa shape index (κ3) is 3.91. The fraction of sp³-hybridized carbons (Fsp3) is 0.111. The van der Waals surface area contributed by atoms with Crippen molar-refractivity contribution >= 4 is 37.9 Å². The molecule has 0 fully saturated rings. The van der Waals surface area contributed by atoms with Crippen LogP contribution in [0.2, 0.25) is 0 Å². The van der Waals surface area contributed by atoms with Crippen molar-refractivity contribution in [1.82, 2.24) is 0 Å². The van der Waals surface area contributed by atoms with Gasteiger partial charge in [-0.15, -0.1) is 0 Å². The Morgan fingerprint density at radius 1 is 1.46 bits per heavy atom. The topological polar surface area (TPSA) is 9.23 Å². The van der Waals surface area contributed by atoms with Crippen molar-refractivity contribution in [2.24, 2.45) is 0 Å². The van der Waals surface area contributed by atoms with E-state index in [9.17, 15) is 4.39 Å². The highest BCUT2D eigenvalue weighted by Crippen LogP contribution is 2.20. The first kappa shape index (κ1) is 10.7. The van der Waals surface area contributed by atoms with E-state index in [1.165, 1.54) is 0 Å². The first-order valence-corrected chi connectivity index (χ1v) is 5.12. The number of benzene rings is 1. The minimum Gasteiger partial charge on any atom is -0.463 e. The van der Waals surface area contributed by atoms with E-state index in [0.717, 1.165) is 8.96 Å². The van der Waals surface area contributed by atoms with Crippen LogP contribution in [0.1, 0.15) is 5.56 Å². The fourth-order valence-electron chi connectivity index (χ4n) is 0.883. The maximum Gasteiger partial charge on any atom is 0.228 e. The predicted molar refractivity (Wildman–Crippen MR) is 58.9 cm³/mol. The van der Waals surface area contributed by atoms with Gasteiger partial charge in [-0.2, -0.15) is 0 Å². The van der Waals surface area contributed by atoms with Gasteiger partial charge in [0.2, 0.25) is 6.86 Å². The molecule has 4 heteroatoms. The Morgan fingerprint density at radius 3 is 2.85 bits per heavy atom. The smallest absolute Gasteiger partial charge is 0.228 e. The number of ether oxygens (including phenoxy) is 1. The number of halogens is 3. The molecule has 0 unspecified atom stereocenters. The number of alkyl halides is 1. The molecule has 0 bridgehead atoms. The monoisotopic (exact) mass is 308 g/mol. The van der Waals surface area contributed by atoms with Crippen LogP contribution in [0.3, 0.4) is 0 Å². The average molecular weight is 310 g/mol. The Hall–Kier alpha value is -0.350. The van der Waals surface area contributed by atoms with Gasteiger partial charge in [0.1, 0.15) is 5.75 Å². The molecule has 0 saturated carbocycles. The second-order valence-electron chi connectivity index (χ2n) is 2.26. The minimum absolute atomic E-state index is 0.525. The van der Waals surface area contributed by atoms with E-state index < -0.39 is 6.86 Å². The van der Waals surface area contributed by atoms with Crippen molar-refractivity contribution in [3.8, 4) is 5.75 Å². The first-order valence-electron chi connectivity index (χ1n) is 3.54. The van der Waals surface area contributed by atoms with E-state index in [1.807, 2.05) is 12.1 Å². The SMILES string of the molecule is FCOc1cccc(C=C(Br)Br)c1. The molecule has 13 heavy (non-hydrogen) atoms. The van der Waals surface area contributed by atoms with E-state index in [2.05, 4.69) is 31.9 Å². The summed E-state index contributed by atoms with van der Waals surface area (Å²) < 4.78 is 17.3. The summed E-state index contributed by atoms with van der Waals surface area (Å²) in [5.74, 6) is 0.525. The molecule has 0 radical (unpaired) electrons. The van der Waals surface area contributed by atoms with Crippen LogP contribution in [0, 0.1) is 0 Å². The Kier molecular flexibility index (Phi) is 4.45. The molecule has 0 atom stereocenters. The van der Waals surface area contributed by atoms with Crippen molar-refractivity contribution in [3.05, 3.63) is 33.2 Å². The number of rotatable bonds is 3. The van der Waals surface area contributed by atoms with Crippen LogP contribution >= 0.6 is 31.9 Å². The molecule has 1 aromatic rings. The third-order valence-electron chi connectivity index (χ3n) is 1.36. The van der Waals surface area contributed by atoms with Crippen molar-refractivity contribution in [1.29, 1.82) is 0 Å². The molecule has 0 aromatic heterocycles. The van der Waals surface area contributed by atoms with Gasteiger partial charge in [-0.1, -0.05) is 12.1 Å².